The highest BCUT2D eigenvalue weighted by atomic mass is 79.9. The van der Waals surface area contributed by atoms with Crippen LogP contribution in [0.3, 0.4) is 0 Å². The van der Waals surface area contributed by atoms with Gasteiger partial charge in [-0.25, -0.2) is 0 Å². The number of carbonyl (C=O) groups is 2. The number of aromatic amines is 1. The van der Waals surface area contributed by atoms with Gasteiger partial charge in [0, 0.05) is 21.9 Å². The molecule has 1 heterocycles. The lowest BCUT2D eigenvalue weighted by Crippen LogP contribution is -2.13. The van der Waals surface area contributed by atoms with Crippen LogP contribution < -0.4 is 5.32 Å². The maximum Gasteiger partial charge on any atom is 0.272 e. The molecule has 0 fully saturated rings. The SMILES string of the molecule is CC(=O)c1c[nH]c(C(=O)Nc2ccc(Br)cc2C)c1. The summed E-state index contributed by atoms with van der Waals surface area (Å²) in [4.78, 5) is 26.0. The average molecular weight is 321 g/mol. The second kappa shape index (κ2) is 5.40. The first-order valence-electron chi connectivity index (χ1n) is 5.74. The number of halogens is 1. The molecule has 0 aliphatic carbocycles. The van der Waals surface area contributed by atoms with Crippen LogP contribution in [-0.4, -0.2) is 16.7 Å². The summed E-state index contributed by atoms with van der Waals surface area (Å²) in [6, 6.07) is 7.15. The van der Waals surface area contributed by atoms with Gasteiger partial charge in [0.15, 0.2) is 5.78 Å². The Balaban J connectivity index is 2.18. The van der Waals surface area contributed by atoms with E-state index >= 15 is 0 Å². The number of nitrogens with one attached hydrogen (secondary N) is 2. The fraction of sp³-hybridized carbons (Fsp3) is 0.143. The topological polar surface area (TPSA) is 62.0 Å². The number of anilines is 1. The van der Waals surface area contributed by atoms with Crippen LogP contribution >= 0.6 is 15.9 Å². The molecule has 0 bridgehead atoms. The molecule has 2 aromatic rings. The summed E-state index contributed by atoms with van der Waals surface area (Å²) in [7, 11) is 0. The minimum absolute atomic E-state index is 0.0740. The van der Waals surface area contributed by atoms with Gasteiger partial charge in [0.1, 0.15) is 5.69 Å². The molecule has 0 spiro atoms. The van der Waals surface area contributed by atoms with E-state index in [0.29, 0.717) is 11.3 Å². The van der Waals surface area contributed by atoms with Crippen LogP contribution in [0.25, 0.3) is 0 Å². The van der Waals surface area contributed by atoms with Gasteiger partial charge in [-0.15, -0.1) is 0 Å². The zero-order valence-corrected chi connectivity index (χ0v) is 12.2. The molecule has 98 valence electrons. The van der Waals surface area contributed by atoms with E-state index in [2.05, 4.69) is 26.2 Å². The van der Waals surface area contributed by atoms with E-state index in [-0.39, 0.29) is 11.7 Å². The predicted molar refractivity (Wildman–Crippen MR) is 77.6 cm³/mol. The van der Waals surface area contributed by atoms with Crippen LogP contribution in [0.2, 0.25) is 0 Å². The minimum atomic E-state index is -0.266. The fourth-order valence-electron chi connectivity index (χ4n) is 1.69. The molecular weight excluding hydrogens is 308 g/mol. The molecule has 1 aromatic carbocycles. The number of H-pyrrole nitrogens is 1. The number of carbonyl (C=O) groups excluding carboxylic acids is 2. The third-order valence-electron chi connectivity index (χ3n) is 2.77. The van der Waals surface area contributed by atoms with Crippen LogP contribution in [-0.2, 0) is 0 Å². The van der Waals surface area contributed by atoms with E-state index in [1.165, 1.54) is 13.1 Å². The molecule has 4 nitrogen and oxygen atoms in total. The zero-order chi connectivity index (χ0) is 14.0. The quantitative estimate of drug-likeness (QED) is 0.850. The summed E-state index contributed by atoms with van der Waals surface area (Å²) in [6.45, 7) is 3.37. The summed E-state index contributed by atoms with van der Waals surface area (Å²) < 4.78 is 0.960. The van der Waals surface area contributed by atoms with E-state index in [0.717, 1.165) is 15.7 Å². The monoisotopic (exact) mass is 320 g/mol. The average Bonchev–Trinajstić information content (AvgIpc) is 2.82. The molecule has 0 unspecified atom stereocenters. The van der Waals surface area contributed by atoms with Crippen molar-refractivity contribution in [2.75, 3.05) is 5.32 Å². The molecule has 1 amide bonds. The third kappa shape index (κ3) is 3.12. The third-order valence-corrected chi connectivity index (χ3v) is 3.26. The van der Waals surface area contributed by atoms with Crippen LogP contribution in [0.1, 0.15) is 33.3 Å². The van der Waals surface area contributed by atoms with E-state index < -0.39 is 0 Å². The standard InChI is InChI=1S/C14H13BrN2O2/c1-8-5-11(15)3-4-12(8)17-14(19)13-6-10(7-16-13)9(2)18/h3-7,16H,1-2H3,(H,17,19). The molecule has 19 heavy (non-hydrogen) atoms. The van der Waals surface area contributed by atoms with Crippen LogP contribution in [0.15, 0.2) is 34.9 Å². The molecule has 2 N–H and O–H groups in total. The molecular formula is C14H13BrN2O2. The van der Waals surface area contributed by atoms with Crippen LogP contribution in [0, 0.1) is 6.92 Å². The van der Waals surface area contributed by atoms with Crippen molar-refractivity contribution in [1.29, 1.82) is 0 Å². The molecule has 5 heteroatoms. The molecule has 1 aromatic heterocycles. The minimum Gasteiger partial charge on any atom is -0.356 e. The predicted octanol–water partition coefficient (Wildman–Crippen LogP) is 3.54. The highest BCUT2D eigenvalue weighted by Crippen LogP contribution is 2.20. The van der Waals surface area contributed by atoms with Gasteiger partial charge in [-0.1, -0.05) is 15.9 Å². The smallest absolute Gasteiger partial charge is 0.272 e. The second-order valence-electron chi connectivity index (χ2n) is 4.27. The van der Waals surface area contributed by atoms with Crippen LogP contribution in [0.4, 0.5) is 5.69 Å². The van der Waals surface area contributed by atoms with Gasteiger partial charge in [-0.05, 0) is 43.7 Å². The number of amides is 1. The van der Waals surface area contributed by atoms with Gasteiger partial charge in [-0.2, -0.15) is 0 Å². The number of Topliss-reactive ketones (excluding diaryl/α,β-unsaturated/α-hetero) is 1. The Hall–Kier alpha value is -1.88. The van der Waals surface area contributed by atoms with Gasteiger partial charge >= 0.3 is 0 Å². The number of rotatable bonds is 3. The Kier molecular flexibility index (Phi) is 3.85. The molecule has 2 rings (SSSR count). The van der Waals surface area contributed by atoms with Crippen LogP contribution in [0.5, 0.6) is 0 Å². The molecule has 0 aliphatic rings. The first-order valence-corrected chi connectivity index (χ1v) is 6.53. The molecule has 0 atom stereocenters. The second-order valence-corrected chi connectivity index (χ2v) is 5.19. The van der Waals surface area contributed by atoms with E-state index in [9.17, 15) is 9.59 Å². The van der Waals surface area contributed by atoms with Crippen molar-refractivity contribution in [3.63, 3.8) is 0 Å². The van der Waals surface area contributed by atoms with Crippen molar-refractivity contribution >= 4 is 33.3 Å². The first-order chi connectivity index (χ1) is 8.97. The maximum absolute atomic E-state index is 12.0. The maximum atomic E-state index is 12.0. The normalized spacial score (nSPS) is 10.3. The van der Waals surface area contributed by atoms with Crippen molar-refractivity contribution in [3.8, 4) is 0 Å². The summed E-state index contributed by atoms with van der Waals surface area (Å²) in [5.41, 5.74) is 2.57. The summed E-state index contributed by atoms with van der Waals surface area (Å²) >= 11 is 3.37. The lowest BCUT2D eigenvalue weighted by Gasteiger charge is -2.07. The van der Waals surface area contributed by atoms with Gasteiger partial charge < -0.3 is 10.3 Å². The summed E-state index contributed by atoms with van der Waals surface area (Å²) in [5, 5.41) is 2.80. The number of ketones is 1. The Labute approximate surface area is 119 Å². The summed E-state index contributed by atoms with van der Waals surface area (Å²) in [5.74, 6) is -0.340. The zero-order valence-electron chi connectivity index (χ0n) is 10.6. The molecule has 0 aliphatic heterocycles. The Morgan fingerprint density at radius 1 is 1.26 bits per heavy atom. The Morgan fingerprint density at radius 3 is 2.58 bits per heavy atom. The summed E-state index contributed by atoms with van der Waals surface area (Å²) in [6.07, 6.45) is 1.53. The molecule has 0 saturated carbocycles. The number of hydrogen-bond acceptors (Lipinski definition) is 2. The van der Waals surface area contributed by atoms with Crippen molar-refractivity contribution < 1.29 is 9.59 Å². The van der Waals surface area contributed by atoms with Crippen molar-refractivity contribution in [3.05, 3.63) is 51.8 Å². The molecule has 0 radical (unpaired) electrons. The van der Waals surface area contributed by atoms with Crippen molar-refractivity contribution in [2.24, 2.45) is 0 Å². The van der Waals surface area contributed by atoms with Gasteiger partial charge in [0.2, 0.25) is 0 Å². The van der Waals surface area contributed by atoms with Gasteiger partial charge in [0.05, 0.1) is 0 Å². The number of hydrogen-bond donors (Lipinski definition) is 2. The number of aryl methyl sites for hydroxylation is 1. The highest BCUT2D eigenvalue weighted by Gasteiger charge is 2.11. The first kappa shape index (κ1) is 13.5. The van der Waals surface area contributed by atoms with Crippen molar-refractivity contribution in [1.82, 2.24) is 4.98 Å². The van der Waals surface area contributed by atoms with E-state index in [1.54, 1.807) is 6.07 Å². The van der Waals surface area contributed by atoms with Gasteiger partial charge in [-0.3, -0.25) is 9.59 Å². The fourth-order valence-corrected chi connectivity index (χ4v) is 2.16. The van der Waals surface area contributed by atoms with E-state index in [4.69, 9.17) is 0 Å². The Morgan fingerprint density at radius 2 is 2.00 bits per heavy atom. The lowest BCUT2D eigenvalue weighted by molar-refractivity contribution is 0.101. The van der Waals surface area contributed by atoms with Gasteiger partial charge in [0.25, 0.3) is 5.91 Å². The molecule has 0 saturated heterocycles. The largest absolute Gasteiger partial charge is 0.356 e. The lowest BCUT2D eigenvalue weighted by atomic mass is 10.2. The Bertz CT molecular complexity index is 647. The number of benzene rings is 1. The van der Waals surface area contributed by atoms with E-state index in [1.807, 2.05) is 25.1 Å². The highest BCUT2D eigenvalue weighted by molar-refractivity contribution is 9.10. The van der Waals surface area contributed by atoms with Crippen molar-refractivity contribution in [2.45, 2.75) is 13.8 Å². The number of aromatic nitrogens is 1.